The summed E-state index contributed by atoms with van der Waals surface area (Å²) in [5, 5.41) is 0. The van der Waals surface area contributed by atoms with Crippen molar-refractivity contribution in [3.05, 3.63) is 36.1 Å². The Morgan fingerprint density at radius 3 is 2.70 bits per heavy atom. The molecule has 0 unspecified atom stereocenters. The summed E-state index contributed by atoms with van der Waals surface area (Å²) in [6.07, 6.45) is 10.8. The maximum atomic E-state index is 5.55. The maximum Gasteiger partial charge on any atom is 0.0310 e. The predicted molar refractivity (Wildman–Crippen MR) is 46.5 cm³/mol. The molecule has 0 aromatic carbocycles. The number of rotatable bonds is 3. The lowest BCUT2D eigenvalue weighted by Gasteiger charge is -1.85. The molecule has 0 amide bonds. The van der Waals surface area contributed by atoms with E-state index in [1.54, 1.807) is 0 Å². The van der Waals surface area contributed by atoms with Gasteiger partial charge in [0.15, 0.2) is 0 Å². The first kappa shape index (κ1) is 9.02. The van der Waals surface area contributed by atoms with Crippen molar-refractivity contribution in [2.24, 2.45) is 5.73 Å². The van der Waals surface area contributed by atoms with Crippen LogP contribution < -0.4 is 5.73 Å². The van der Waals surface area contributed by atoms with Crippen LogP contribution in [0.5, 0.6) is 0 Å². The van der Waals surface area contributed by atoms with Gasteiger partial charge in [-0.1, -0.05) is 25.2 Å². The van der Waals surface area contributed by atoms with E-state index in [9.17, 15) is 0 Å². The van der Waals surface area contributed by atoms with Crippen molar-refractivity contribution in [1.29, 1.82) is 0 Å². The second-order valence-corrected chi connectivity index (χ2v) is 2.00. The summed E-state index contributed by atoms with van der Waals surface area (Å²) < 4.78 is 0. The van der Waals surface area contributed by atoms with Crippen LogP contribution in [0, 0.1) is 0 Å². The summed E-state index contributed by atoms with van der Waals surface area (Å²) in [4.78, 5) is 0. The van der Waals surface area contributed by atoms with Crippen LogP contribution in [0.2, 0.25) is 0 Å². The monoisotopic (exact) mass is 137 g/mol. The van der Waals surface area contributed by atoms with Gasteiger partial charge in [0.1, 0.15) is 0 Å². The highest BCUT2D eigenvalue weighted by atomic mass is 14.5. The van der Waals surface area contributed by atoms with Gasteiger partial charge in [-0.25, -0.2) is 0 Å². The van der Waals surface area contributed by atoms with Gasteiger partial charge in [0.25, 0.3) is 0 Å². The Bertz CT molecular complexity index is 152. The molecule has 0 aromatic heterocycles. The molecule has 0 radical (unpaired) electrons. The van der Waals surface area contributed by atoms with Crippen LogP contribution in [-0.2, 0) is 0 Å². The van der Waals surface area contributed by atoms with E-state index in [1.165, 1.54) is 0 Å². The van der Waals surface area contributed by atoms with E-state index >= 15 is 0 Å². The Balaban J connectivity index is 3.79. The molecule has 10 heavy (non-hydrogen) atoms. The minimum Gasteiger partial charge on any atom is -0.399 e. The zero-order valence-electron chi connectivity index (χ0n) is 6.67. The molecule has 1 nitrogen and oxygen atoms in total. The highest BCUT2D eigenvalue weighted by molar-refractivity contribution is 5.19. The van der Waals surface area contributed by atoms with Crippen molar-refractivity contribution in [2.45, 2.75) is 20.3 Å². The van der Waals surface area contributed by atoms with Gasteiger partial charge < -0.3 is 5.73 Å². The smallest absolute Gasteiger partial charge is 0.0310 e. The van der Waals surface area contributed by atoms with E-state index in [1.807, 2.05) is 31.2 Å². The first-order valence-corrected chi connectivity index (χ1v) is 3.56. The fourth-order valence-corrected chi connectivity index (χ4v) is 0.563. The van der Waals surface area contributed by atoms with Crippen LogP contribution in [0.3, 0.4) is 0 Å². The molecule has 0 saturated carbocycles. The molecule has 0 bridgehead atoms. The van der Waals surface area contributed by atoms with Gasteiger partial charge in [-0.3, -0.25) is 0 Å². The molecule has 0 spiro atoms. The zero-order valence-corrected chi connectivity index (χ0v) is 6.67. The molecule has 0 aliphatic carbocycles. The molecule has 0 rings (SSSR count). The lowest BCUT2D eigenvalue weighted by Crippen LogP contribution is -1.90. The maximum absolute atomic E-state index is 5.55. The molecule has 0 saturated heterocycles. The van der Waals surface area contributed by atoms with Crippen molar-refractivity contribution in [2.75, 3.05) is 0 Å². The Kier molecular flexibility index (Phi) is 5.54. The summed E-state index contributed by atoms with van der Waals surface area (Å²) in [7, 11) is 0. The molecule has 2 N–H and O–H groups in total. The molecule has 0 fully saturated rings. The Labute approximate surface area is 62.9 Å². The fraction of sp³-hybridized carbons (Fsp3) is 0.333. The summed E-state index contributed by atoms with van der Waals surface area (Å²) in [6.45, 7) is 4.04. The van der Waals surface area contributed by atoms with Crippen LogP contribution in [0.25, 0.3) is 0 Å². The van der Waals surface area contributed by atoms with Crippen LogP contribution in [-0.4, -0.2) is 0 Å². The van der Waals surface area contributed by atoms with Crippen LogP contribution >= 0.6 is 0 Å². The highest BCUT2D eigenvalue weighted by Gasteiger charge is 1.74. The average Bonchev–Trinajstić information content (AvgIpc) is 1.89. The van der Waals surface area contributed by atoms with Gasteiger partial charge in [-0.15, -0.1) is 0 Å². The van der Waals surface area contributed by atoms with E-state index in [-0.39, 0.29) is 0 Å². The van der Waals surface area contributed by atoms with Gasteiger partial charge in [0.05, 0.1) is 0 Å². The van der Waals surface area contributed by atoms with Crippen LogP contribution in [0.4, 0.5) is 0 Å². The van der Waals surface area contributed by atoms with E-state index in [0.29, 0.717) is 0 Å². The third-order valence-corrected chi connectivity index (χ3v) is 1.02. The van der Waals surface area contributed by atoms with Crippen molar-refractivity contribution in [3.63, 3.8) is 0 Å². The second kappa shape index (κ2) is 6.14. The van der Waals surface area contributed by atoms with E-state index in [0.717, 1.165) is 12.1 Å². The lowest BCUT2D eigenvalue weighted by atomic mass is 10.3. The number of hydrogen-bond donors (Lipinski definition) is 1. The predicted octanol–water partition coefficient (Wildman–Crippen LogP) is 2.37. The van der Waals surface area contributed by atoms with Crippen molar-refractivity contribution in [1.82, 2.24) is 0 Å². The second-order valence-electron chi connectivity index (χ2n) is 2.00. The van der Waals surface area contributed by atoms with E-state index < -0.39 is 0 Å². The quantitative estimate of drug-likeness (QED) is 0.594. The van der Waals surface area contributed by atoms with Crippen LogP contribution in [0.15, 0.2) is 36.1 Å². The normalized spacial score (nSPS) is 13.6. The molecule has 56 valence electrons. The first-order chi connectivity index (χ1) is 4.81. The number of allylic oxidation sites excluding steroid dienone is 5. The summed E-state index contributed by atoms with van der Waals surface area (Å²) >= 11 is 0. The first-order valence-electron chi connectivity index (χ1n) is 3.56. The summed E-state index contributed by atoms with van der Waals surface area (Å²) in [5.74, 6) is 0. The molecule has 0 atom stereocenters. The van der Waals surface area contributed by atoms with Crippen LogP contribution in [0.1, 0.15) is 20.3 Å². The Morgan fingerprint density at radius 1 is 1.50 bits per heavy atom. The SMILES string of the molecule is C/C=C\C(N)=C/C=CCC. The van der Waals surface area contributed by atoms with Gasteiger partial charge >= 0.3 is 0 Å². The molecule has 0 aliphatic heterocycles. The number of hydrogen-bond acceptors (Lipinski definition) is 1. The largest absolute Gasteiger partial charge is 0.399 e. The van der Waals surface area contributed by atoms with E-state index in [2.05, 4.69) is 13.0 Å². The zero-order chi connectivity index (χ0) is 7.82. The summed E-state index contributed by atoms with van der Waals surface area (Å²) in [5.41, 5.74) is 6.35. The highest BCUT2D eigenvalue weighted by Crippen LogP contribution is 1.88. The van der Waals surface area contributed by atoms with Crippen molar-refractivity contribution < 1.29 is 0 Å². The third-order valence-electron chi connectivity index (χ3n) is 1.02. The average molecular weight is 137 g/mol. The van der Waals surface area contributed by atoms with Gasteiger partial charge in [0, 0.05) is 5.70 Å². The Hall–Kier alpha value is -0.980. The minimum absolute atomic E-state index is 0.798. The molecular formula is C9H15N. The molecular weight excluding hydrogens is 122 g/mol. The number of nitrogens with two attached hydrogens (primary N) is 1. The molecule has 0 aliphatic rings. The topological polar surface area (TPSA) is 26.0 Å². The van der Waals surface area contributed by atoms with Crippen molar-refractivity contribution in [3.8, 4) is 0 Å². The minimum atomic E-state index is 0.798. The standard InChI is InChI=1S/C9H15N/c1-3-5-6-8-9(10)7-4-2/h4-8H,3,10H2,1-2H3/b6-5?,7-4-,9-8+. The Morgan fingerprint density at radius 2 is 2.20 bits per heavy atom. The fourth-order valence-electron chi connectivity index (χ4n) is 0.563. The van der Waals surface area contributed by atoms with Gasteiger partial charge in [0.2, 0.25) is 0 Å². The van der Waals surface area contributed by atoms with Crippen molar-refractivity contribution >= 4 is 0 Å². The van der Waals surface area contributed by atoms with Gasteiger partial charge in [-0.05, 0) is 25.5 Å². The third kappa shape index (κ3) is 5.16. The molecule has 0 heterocycles. The molecule has 1 heteroatoms. The summed E-state index contributed by atoms with van der Waals surface area (Å²) in [6, 6.07) is 0. The van der Waals surface area contributed by atoms with Gasteiger partial charge in [-0.2, -0.15) is 0 Å². The molecule has 0 aromatic rings. The van der Waals surface area contributed by atoms with E-state index in [4.69, 9.17) is 5.73 Å². The lowest BCUT2D eigenvalue weighted by molar-refractivity contribution is 1.22.